The summed E-state index contributed by atoms with van der Waals surface area (Å²) in [7, 11) is 0. The van der Waals surface area contributed by atoms with Crippen LogP contribution in [0.2, 0.25) is 0 Å². The summed E-state index contributed by atoms with van der Waals surface area (Å²) in [4.78, 5) is 4.96. The summed E-state index contributed by atoms with van der Waals surface area (Å²) in [6.07, 6.45) is 0.983. The highest BCUT2D eigenvalue weighted by Gasteiger charge is 2.16. The third-order valence-corrected chi connectivity index (χ3v) is 6.90. The molecule has 0 atom stereocenters. The highest BCUT2D eigenvalue weighted by Crippen LogP contribution is 2.33. The number of likely N-dealkylation sites (N-methyl/N-ethyl adjacent to an activating group) is 1. The molecule has 0 bridgehead atoms. The molecule has 6 rings (SSSR count). The van der Waals surface area contributed by atoms with Crippen LogP contribution in [0.3, 0.4) is 0 Å². The average molecular weight is 440 g/mol. The first-order valence-electron chi connectivity index (χ1n) is 11.9. The van der Waals surface area contributed by atoms with Crippen molar-refractivity contribution in [3.8, 4) is 16.9 Å². The molecule has 2 aliphatic heterocycles. The van der Waals surface area contributed by atoms with Gasteiger partial charge in [-0.1, -0.05) is 19.1 Å². The van der Waals surface area contributed by atoms with Crippen molar-refractivity contribution in [3.05, 3.63) is 66.2 Å². The van der Waals surface area contributed by atoms with Crippen molar-refractivity contribution < 1.29 is 4.74 Å². The number of aromatic nitrogens is 2. The van der Waals surface area contributed by atoms with Gasteiger partial charge in [-0.2, -0.15) is 5.10 Å². The van der Waals surface area contributed by atoms with E-state index < -0.39 is 0 Å². The molecule has 1 aromatic heterocycles. The van der Waals surface area contributed by atoms with Gasteiger partial charge in [0.2, 0.25) is 0 Å². The summed E-state index contributed by atoms with van der Waals surface area (Å²) in [5, 5.41) is 12.3. The molecule has 3 heterocycles. The SMILES string of the molecule is CCN1CCN(c2ccc(Nc3n[nH]c4cc(-c5ccc6c(c5)CCO6)ccc34)cc2)CC1. The second-order valence-corrected chi connectivity index (χ2v) is 8.85. The maximum atomic E-state index is 5.64. The zero-order valence-corrected chi connectivity index (χ0v) is 19.0. The van der Waals surface area contributed by atoms with E-state index in [1.807, 2.05) is 0 Å². The summed E-state index contributed by atoms with van der Waals surface area (Å²) in [6.45, 7) is 8.60. The molecule has 0 aliphatic carbocycles. The van der Waals surface area contributed by atoms with Crippen molar-refractivity contribution in [1.82, 2.24) is 15.1 Å². The van der Waals surface area contributed by atoms with Crippen molar-refractivity contribution >= 4 is 28.1 Å². The number of fused-ring (bicyclic) bond motifs is 2. The minimum Gasteiger partial charge on any atom is -0.493 e. The topological polar surface area (TPSA) is 56.4 Å². The van der Waals surface area contributed by atoms with Crippen molar-refractivity contribution in [1.29, 1.82) is 0 Å². The van der Waals surface area contributed by atoms with Crippen molar-refractivity contribution in [2.45, 2.75) is 13.3 Å². The van der Waals surface area contributed by atoms with Gasteiger partial charge in [0.1, 0.15) is 5.75 Å². The number of hydrogen-bond acceptors (Lipinski definition) is 5. The Morgan fingerprint density at radius 1 is 0.939 bits per heavy atom. The minimum absolute atomic E-state index is 0.782. The standard InChI is InChI=1S/C27H29N5O/c1-2-31-12-14-32(15-13-31)23-7-5-22(6-8-23)28-27-24-9-3-20(18-25(24)29-30-27)19-4-10-26-21(17-19)11-16-33-26/h3-10,17-18H,2,11-16H2,1H3,(H2,28,29,30). The van der Waals surface area contributed by atoms with Crippen LogP contribution in [-0.2, 0) is 6.42 Å². The number of rotatable bonds is 5. The van der Waals surface area contributed by atoms with Crippen LogP contribution in [-0.4, -0.2) is 54.4 Å². The van der Waals surface area contributed by atoms with Crippen LogP contribution in [0.4, 0.5) is 17.2 Å². The third-order valence-electron chi connectivity index (χ3n) is 6.90. The molecule has 2 N–H and O–H groups in total. The van der Waals surface area contributed by atoms with Gasteiger partial charge in [-0.05, 0) is 71.8 Å². The fraction of sp³-hybridized carbons (Fsp3) is 0.296. The van der Waals surface area contributed by atoms with E-state index in [0.717, 1.165) is 73.9 Å². The number of H-pyrrole nitrogens is 1. The molecule has 0 saturated carbocycles. The number of piperazine rings is 1. The Labute approximate surface area is 194 Å². The van der Waals surface area contributed by atoms with E-state index in [-0.39, 0.29) is 0 Å². The molecule has 0 unspecified atom stereocenters. The zero-order valence-electron chi connectivity index (χ0n) is 19.0. The molecular formula is C27H29N5O. The third kappa shape index (κ3) is 3.91. The molecular weight excluding hydrogens is 410 g/mol. The zero-order chi connectivity index (χ0) is 22.2. The molecule has 0 spiro atoms. The summed E-state index contributed by atoms with van der Waals surface area (Å²) in [6, 6.07) is 21.6. The molecule has 1 saturated heterocycles. The number of hydrogen-bond donors (Lipinski definition) is 2. The smallest absolute Gasteiger partial charge is 0.160 e. The lowest BCUT2D eigenvalue weighted by Crippen LogP contribution is -2.46. The molecule has 4 aromatic rings. The number of anilines is 3. The van der Waals surface area contributed by atoms with Gasteiger partial charge < -0.3 is 19.9 Å². The van der Waals surface area contributed by atoms with Crippen LogP contribution < -0.4 is 15.0 Å². The van der Waals surface area contributed by atoms with Crippen LogP contribution in [0.15, 0.2) is 60.7 Å². The number of nitrogens with one attached hydrogen (secondary N) is 2. The lowest BCUT2D eigenvalue weighted by atomic mass is 10.0. The van der Waals surface area contributed by atoms with Crippen molar-refractivity contribution in [2.24, 2.45) is 0 Å². The normalized spacial score (nSPS) is 16.1. The molecule has 0 amide bonds. The highest BCUT2D eigenvalue weighted by molar-refractivity contribution is 5.94. The Balaban J connectivity index is 1.18. The molecule has 1 fully saturated rings. The van der Waals surface area contributed by atoms with E-state index in [9.17, 15) is 0 Å². The predicted molar refractivity (Wildman–Crippen MR) is 135 cm³/mol. The van der Waals surface area contributed by atoms with Crippen LogP contribution in [0.1, 0.15) is 12.5 Å². The molecule has 6 heteroatoms. The Kier molecular flexibility index (Phi) is 5.15. The van der Waals surface area contributed by atoms with Gasteiger partial charge in [0.15, 0.2) is 5.82 Å². The van der Waals surface area contributed by atoms with Gasteiger partial charge in [0, 0.05) is 49.4 Å². The highest BCUT2D eigenvalue weighted by atomic mass is 16.5. The van der Waals surface area contributed by atoms with Crippen LogP contribution in [0, 0.1) is 0 Å². The fourth-order valence-electron chi connectivity index (χ4n) is 4.88. The Hall–Kier alpha value is -3.51. The van der Waals surface area contributed by atoms with Crippen LogP contribution in [0.25, 0.3) is 22.0 Å². The van der Waals surface area contributed by atoms with Crippen LogP contribution in [0.5, 0.6) is 5.75 Å². The van der Waals surface area contributed by atoms with Crippen LogP contribution >= 0.6 is 0 Å². The van der Waals surface area contributed by atoms with E-state index in [2.05, 4.69) is 92.9 Å². The first-order valence-corrected chi connectivity index (χ1v) is 11.9. The quantitative estimate of drug-likeness (QED) is 0.456. The second kappa shape index (κ2) is 8.45. The minimum atomic E-state index is 0.782. The van der Waals surface area contributed by atoms with Gasteiger partial charge in [-0.15, -0.1) is 0 Å². The molecule has 168 valence electrons. The first-order chi connectivity index (χ1) is 16.3. The summed E-state index contributed by atoms with van der Waals surface area (Å²) in [5.74, 6) is 1.87. The Bertz CT molecular complexity index is 1270. The second-order valence-electron chi connectivity index (χ2n) is 8.85. The summed E-state index contributed by atoms with van der Waals surface area (Å²) in [5.41, 5.74) is 7.03. The average Bonchev–Trinajstić information content (AvgIpc) is 3.51. The van der Waals surface area contributed by atoms with Crippen molar-refractivity contribution in [3.63, 3.8) is 0 Å². The molecule has 0 radical (unpaired) electrons. The summed E-state index contributed by atoms with van der Waals surface area (Å²) < 4.78 is 5.64. The molecule has 2 aliphatic rings. The van der Waals surface area contributed by atoms with E-state index in [1.165, 1.54) is 22.4 Å². The lowest BCUT2D eigenvalue weighted by Gasteiger charge is -2.35. The Morgan fingerprint density at radius 3 is 2.55 bits per heavy atom. The molecule has 33 heavy (non-hydrogen) atoms. The maximum Gasteiger partial charge on any atom is 0.160 e. The van der Waals surface area contributed by atoms with E-state index >= 15 is 0 Å². The number of ether oxygens (including phenoxy) is 1. The maximum absolute atomic E-state index is 5.64. The van der Waals surface area contributed by atoms with Gasteiger partial charge in [-0.3, -0.25) is 5.10 Å². The van der Waals surface area contributed by atoms with E-state index in [1.54, 1.807) is 0 Å². The van der Waals surface area contributed by atoms with Gasteiger partial charge in [0.05, 0.1) is 12.1 Å². The molecule has 6 nitrogen and oxygen atoms in total. The Morgan fingerprint density at radius 2 is 1.73 bits per heavy atom. The van der Waals surface area contributed by atoms with Crippen molar-refractivity contribution in [2.75, 3.05) is 49.5 Å². The van der Waals surface area contributed by atoms with Gasteiger partial charge in [-0.25, -0.2) is 0 Å². The van der Waals surface area contributed by atoms with Gasteiger partial charge in [0.25, 0.3) is 0 Å². The lowest BCUT2D eigenvalue weighted by molar-refractivity contribution is 0.271. The number of aromatic amines is 1. The first kappa shape index (κ1) is 20.1. The predicted octanol–water partition coefficient (Wildman–Crippen LogP) is 5.05. The monoisotopic (exact) mass is 439 g/mol. The largest absolute Gasteiger partial charge is 0.493 e. The summed E-state index contributed by atoms with van der Waals surface area (Å²) >= 11 is 0. The fourth-order valence-corrected chi connectivity index (χ4v) is 4.88. The molecule has 3 aromatic carbocycles. The number of benzene rings is 3. The van der Waals surface area contributed by atoms with E-state index in [4.69, 9.17) is 4.74 Å². The van der Waals surface area contributed by atoms with Gasteiger partial charge >= 0.3 is 0 Å². The van der Waals surface area contributed by atoms with E-state index in [0.29, 0.717) is 0 Å². The number of nitrogens with zero attached hydrogens (tertiary/aromatic N) is 3.